The first kappa shape index (κ1) is 16.4. The highest BCUT2D eigenvalue weighted by Gasteiger charge is 2.14. The minimum Gasteiger partial charge on any atom is -0.392 e. The standard InChI is InChI=1S/C17H14BrN3O3/c1-10-2-4-13(7-16(10)21(23)24)20-17-11(9-22)8-19-15-6-12(18)3-5-14(15)17/h2-8,22H,9H2,1H3,(H,19,20). The highest BCUT2D eigenvalue weighted by atomic mass is 79.9. The van der Waals surface area contributed by atoms with Crippen molar-refractivity contribution in [3.8, 4) is 0 Å². The summed E-state index contributed by atoms with van der Waals surface area (Å²) in [5.41, 5.74) is 3.28. The summed E-state index contributed by atoms with van der Waals surface area (Å²) < 4.78 is 0.899. The minimum atomic E-state index is -0.408. The highest BCUT2D eigenvalue weighted by molar-refractivity contribution is 9.10. The van der Waals surface area contributed by atoms with Gasteiger partial charge in [0.25, 0.3) is 5.69 Å². The Labute approximate surface area is 146 Å². The Morgan fingerprint density at radius 3 is 2.79 bits per heavy atom. The fraction of sp³-hybridized carbons (Fsp3) is 0.118. The summed E-state index contributed by atoms with van der Waals surface area (Å²) >= 11 is 3.41. The second kappa shape index (κ2) is 6.54. The minimum absolute atomic E-state index is 0.0478. The number of pyridine rings is 1. The molecule has 0 amide bonds. The van der Waals surface area contributed by atoms with Crippen LogP contribution in [0.3, 0.4) is 0 Å². The lowest BCUT2D eigenvalue weighted by molar-refractivity contribution is -0.385. The van der Waals surface area contributed by atoms with Gasteiger partial charge >= 0.3 is 0 Å². The van der Waals surface area contributed by atoms with Crippen LogP contribution >= 0.6 is 15.9 Å². The largest absolute Gasteiger partial charge is 0.392 e. The third-order valence-corrected chi connectivity index (χ3v) is 4.25. The maximum atomic E-state index is 11.1. The molecule has 2 N–H and O–H groups in total. The van der Waals surface area contributed by atoms with E-state index in [-0.39, 0.29) is 12.3 Å². The molecule has 122 valence electrons. The van der Waals surface area contributed by atoms with Crippen molar-refractivity contribution in [2.75, 3.05) is 5.32 Å². The van der Waals surface area contributed by atoms with E-state index in [0.717, 1.165) is 15.4 Å². The number of hydrogen-bond donors (Lipinski definition) is 2. The third kappa shape index (κ3) is 3.08. The van der Waals surface area contributed by atoms with E-state index in [2.05, 4.69) is 26.2 Å². The molecule has 1 aromatic heterocycles. The maximum absolute atomic E-state index is 11.1. The van der Waals surface area contributed by atoms with Gasteiger partial charge in [0.2, 0.25) is 0 Å². The predicted octanol–water partition coefficient (Wildman–Crippen LogP) is 4.45. The van der Waals surface area contributed by atoms with Gasteiger partial charge in [0.05, 0.1) is 22.7 Å². The van der Waals surface area contributed by atoms with E-state index in [4.69, 9.17) is 0 Å². The Kier molecular flexibility index (Phi) is 4.46. The van der Waals surface area contributed by atoms with E-state index < -0.39 is 4.92 Å². The number of anilines is 2. The molecule has 0 aliphatic rings. The summed E-state index contributed by atoms with van der Waals surface area (Å²) in [4.78, 5) is 15.1. The summed E-state index contributed by atoms with van der Waals surface area (Å²) in [6, 6.07) is 10.6. The molecular weight excluding hydrogens is 374 g/mol. The number of rotatable bonds is 4. The Morgan fingerprint density at radius 2 is 2.08 bits per heavy atom. The van der Waals surface area contributed by atoms with E-state index in [1.54, 1.807) is 25.3 Å². The van der Waals surface area contributed by atoms with Gasteiger partial charge in [0.15, 0.2) is 0 Å². The number of benzene rings is 2. The van der Waals surface area contributed by atoms with Gasteiger partial charge in [-0.25, -0.2) is 0 Å². The van der Waals surface area contributed by atoms with Gasteiger partial charge in [-0.1, -0.05) is 22.0 Å². The molecule has 0 atom stereocenters. The van der Waals surface area contributed by atoms with E-state index >= 15 is 0 Å². The first-order valence-corrected chi connectivity index (χ1v) is 7.99. The van der Waals surface area contributed by atoms with Gasteiger partial charge < -0.3 is 10.4 Å². The maximum Gasteiger partial charge on any atom is 0.274 e. The number of hydrogen-bond acceptors (Lipinski definition) is 5. The molecule has 2 aromatic carbocycles. The van der Waals surface area contributed by atoms with Gasteiger partial charge in [0, 0.05) is 38.9 Å². The third-order valence-electron chi connectivity index (χ3n) is 3.76. The number of aliphatic hydroxyl groups excluding tert-OH is 1. The van der Waals surface area contributed by atoms with Crippen LogP contribution in [0.2, 0.25) is 0 Å². The second-order valence-corrected chi connectivity index (χ2v) is 6.28. The number of halogens is 1. The predicted molar refractivity (Wildman–Crippen MR) is 96.5 cm³/mol. The lowest BCUT2D eigenvalue weighted by Gasteiger charge is -2.14. The van der Waals surface area contributed by atoms with E-state index in [0.29, 0.717) is 22.5 Å². The van der Waals surface area contributed by atoms with E-state index in [1.165, 1.54) is 6.07 Å². The van der Waals surface area contributed by atoms with E-state index in [1.807, 2.05) is 18.2 Å². The Hall–Kier alpha value is -2.51. The monoisotopic (exact) mass is 387 g/mol. The molecule has 0 spiro atoms. The molecule has 0 saturated heterocycles. The van der Waals surface area contributed by atoms with Crippen LogP contribution in [0.15, 0.2) is 47.1 Å². The average Bonchev–Trinajstić information content (AvgIpc) is 2.56. The molecule has 3 aromatic rings. The van der Waals surface area contributed by atoms with Crippen molar-refractivity contribution in [2.45, 2.75) is 13.5 Å². The summed E-state index contributed by atoms with van der Waals surface area (Å²) in [5.74, 6) is 0. The van der Waals surface area contributed by atoms with Crippen LogP contribution in [0.1, 0.15) is 11.1 Å². The summed E-state index contributed by atoms with van der Waals surface area (Å²) in [6.07, 6.45) is 1.60. The zero-order chi connectivity index (χ0) is 17.3. The number of nitrogens with zero attached hydrogens (tertiary/aromatic N) is 2. The van der Waals surface area contributed by atoms with Gasteiger partial charge in [-0.2, -0.15) is 0 Å². The van der Waals surface area contributed by atoms with Gasteiger partial charge in [0.1, 0.15) is 0 Å². The van der Waals surface area contributed by atoms with Crippen LogP contribution in [0.4, 0.5) is 17.1 Å². The van der Waals surface area contributed by atoms with Crippen molar-refractivity contribution in [1.29, 1.82) is 0 Å². The molecule has 0 radical (unpaired) electrons. The molecular formula is C17H14BrN3O3. The molecule has 0 unspecified atom stereocenters. The van der Waals surface area contributed by atoms with Crippen LogP contribution in [-0.4, -0.2) is 15.0 Å². The highest BCUT2D eigenvalue weighted by Crippen LogP contribution is 2.32. The molecule has 0 bridgehead atoms. The van der Waals surface area contributed by atoms with Crippen molar-refractivity contribution in [1.82, 2.24) is 4.98 Å². The molecule has 6 nitrogen and oxygen atoms in total. The topological polar surface area (TPSA) is 88.3 Å². The first-order chi connectivity index (χ1) is 11.5. The number of fused-ring (bicyclic) bond motifs is 1. The zero-order valence-corrected chi connectivity index (χ0v) is 14.4. The average molecular weight is 388 g/mol. The van der Waals surface area contributed by atoms with Crippen molar-refractivity contribution < 1.29 is 10.0 Å². The SMILES string of the molecule is Cc1ccc(Nc2c(CO)cnc3cc(Br)ccc23)cc1[N+](=O)[O-]. The van der Waals surface area contributed by atoms with Crippen molar-refractivity contribution in [2.24, 2.45) is 0 Å². The van der Waals surface area contributed by atoms with Crippen LogP contribution in [0, 0.1) is 17.0 Å². The summed E-state index contributed by atoms with van der Waals surface area (Å²) in [5, 5.41) is 24.7. The zero-order valence-electron chi connectivity index (χ0n) is 12.8. The normalized spacial score (nSPS) is 10.8. The number of nitro groups is 1. The number of aryl methyl sites for hydroxylation is 1. The van der Waals surface area contributed by atoms with Gasteiger partial charge in [-0.15, -0.1) is 0 Å². The molecule has 3 rings (SSSR count). The summed E-state index contributed by atoms with van der Waals surface area (Å²) in [7, 11) is 0. The quantitative estimate of drug-likeness (QED) is 0.509. The fourth-order valence-corrected chi connectivity index (χ4v) is 2.85. The van der Waals surface area contributed by atoms with Crippen molar-refractivity contribution in [3.05, 3.63) is 68.3 Å². The van der Waals surface area contributed by atoms with Crippen molar-refractivity contribution >= 4 is 43.9 Å². The lowest BCUT2D eigenvalue weighted by atomic mass is 10.1. The van der Waals surface area contributed by atoms with Crippen molar-refractivity contribution in [3.63, 3.8) is 0 Å². The van der Waals surface area contributed by atoms with Crippen LogP contribution < -0.4 is 5.32 Å². The molecule has 0 saturated carbocycles. The molecule has 0 aliphatic carbocycles. The van der Waals surface area contributed by atoms with Gasteiger partial charge in [-0.05, 0) is 31.2 Å². The number of nitro benzene ring substituents is 1. The molecule has 0 aliphatic heterocycles. The second-order valence-electron chi connectivity index (χ2n) is 5.36. The van der Waals surface area contributed by atoms with Crippen LogP contribution in [-0.2, 0) is 6.61 Å². The van der Waals surface area contributed by atoms with Crippen LogP contribution in [0.25, 0.3) is 10.9 Å². The molecule has 0 fully saturated rings. The Bertz CT molecular complexity index is 944. The summed E-state index contributed by atoms with van der Waals surface area (Å²) in [6.45, 7) is 1.51. The van der Waals surface area contributed by atoms with E-state index in [9.17, 15) is 15.2 Å². The number of nitrogens with one attached hydrogen (secondary N) is 1. The Balaban J connectivity index is 2.12. The first-order valence-electron chi connectivity index (χ1n) is 7.19. The lowest BCUT2D eigenvalue weighted by Crippen LogP contribution is -2.00. The molecule has 1 heterocycles. The Morgan fingerprint density at radius 1 is 1.29 bits per heavy atom. The fourth-order valence-electron chi connectivity index (χ4n) is 2.50. The number of aromatic nitrogens is 1. The molecule has 24 heavy (non-hydrogen) atoms. The van der Waals surface area contributed by atoms with Crippen LogP contribution in [0.5, 0.6) is 0 Å². The number of aliphatic hydroxyl groups is 1. The van der Waals surface area contributed by atoms with Gasteiger partial charge in [-0.3, -0.25) is 15.1 Å². The smallest absolute Gasteiger partial charge is 0.274 e. The molecule has 7 heteroatoms.